The summed E-state index contributed by atoms with van der Waals surface area (Å²) in [7, 11) is 0. The van der Waals surface area contributed by atoms with E-state index in [0.29, 0.717) is 18.0 Å². The minimum Gasteiger partial charge on any atom is -0.472 e. The minimum atomic E-state index is -0.123. The number of furan rings is 1. The summed E-state index contributed by atoms with van der Waals surface area (Å²) in [6.07, 6.45) is 4.46. The standard InChI is InChI=1S/C14H17NO3S/c16-7-4-11(13-2-1-9-19-13)3-6-15-14(17)12-5-8-18-10-12/h1-2,5,8-11,16H,3-4,6-7H2,(H,15,17)/t11-/m0/s1. The van der Waals surface area contributed by atoms with Crippen LogP contribution in [0.25, 0.3) is 0 Å². The highest BCUT2D eigenvalue weighted by Gasteiger charge is 2.13. The van der Waals surface area contributed by atoms with Gasteiger partial charge in [0.15, 0.2) is 0 Å². The van der Waals surface area contributed by atoms with E-state index >= 15 is 0 Å². The molecular formula is C14H17NO3S. The first-order chi connectivity index (χ1) is 9.31. The van der Waals surface area contributed by atoms with Crippen LogP contribution in [0.5, 0.6) is 0 Å². The molecule has 0 aromatic carbocycles. The zero-order chi connectivity index (χ0) is 13.5. The van der Waals surface area contributed by atoms with Crippen LogP contribution in [0.4, 0.5) is 0 Å². The lowest BCUT2D eigenvalue weighted by Crippen LogP contribution is -2.25. The van der Waals surface area contributed by atoms with Gasteiger partial charge in [-0.2, -0.15) is 0 Å². The van der Waals surface area contributed by atoms with Gasteiger partial charge in [-0.05, 0) is 36.3 Å². The second kappa shape index (κ2) is 7.11. The third kappa shape index (κ3) is 3.94. The normalized spacial score (nSPS) is 12.3. The molecule has 0 aliphatic heterocycles. The molecule has 0 saturated heterocycles. The highest BCUT2D eigenvalue weighted by atomic mass is 32.1. The van der Waals surface area contributed by atoms with Crippen molar-refractivity contribution in [1.82, 2.24) is 5.32 Å². The Morgan fingerprint density at radius 2 is 2.32 bits per heavy atom. The fourth-order valence-electron chi connectivity index (χ4n) is 1.96. The van der Waals surface area contributed by atoms with Crippen LogP contribution in [0.1, 0.15) is 34.0 Å². The molecule has 0 unspecified atom stereocenters. The summed E-state index contributed by atoms with van der Waals surface area (Å²) in [6.45, 7) is 0.755. The van der Waals surface area contributed by atoms with E-state index in [1.807, 2.05) is 11.4 Å². The molecule has 0 aliphatic rings. The van der Waals surface area contributed by atoms with Gasteiger partial charge in [0.2, 0.25) is 0 Å². The molecule has 2 aromatic rings. The predicted octanol–water partition coefficient (Wildman–Crippen LogP) is 2.63. The fraction of sp³-hybridized carbons (Fsp3) is 0.357. The molecule has 1 atom stereocenters. The van der Waals surface area contributed by atoms with Crippen molar-refractivity contribution in [3.63, 3.8) is 0 Å². The number of carbonyl (C=O) groups excluding carboxylic acids is 1. The number of nitrogens with one attached hydrogen (secondary N) is 1. The molecule has 2 aromatic heterocycles. The molecule has 0 fully saturated rings. The van der Waals surface area contributed by atoms with Crippen molar-refractivity contribution >= 4 is 17.2 Å². The molecular weight excluding hydrogens is 262 g/mol. The second-order valence-corrected chi connectivity index (χ2v) is 5.26. The number of rotatable bonds is 7. The molecule has 0 radical (unpaired) electrons. The lowest BCUT2D eigenvalue weighted by Gasteiger charge is -2.14. The van der Waals surface area contributed by atoms with Crippen LogP contribution >= 0.6 is 11.3 Å². The Hall–Kier alpha value is -1.59. The highest BCUT2D eigenvalue weighted by Crippen LogP contribution is 2.26. The molecule has 2 N–H and O–H groups in total. The van der Waals surface area contributed by atoms with Gasteiger partial charge in [-0.1, -0.05) is 6.07 Å². The van der Waals surface area contributed by atoms with Crippen LogP contribution in [0.3, 0.4) is 0 Å². The van der Waals surface area contributed by atoms with Crippen molar-refractivity contribution in [2.75, 3.05) is 13.2 Å². The second-order valence-electron chi connectivity index (χ2n) is 4.28. The first-order valence-corrected chi connectivity index (χ1v) is 7.14. The number of hydrogen-bond acceptors (Lipinski definition) is 4. The summed E-state index contributed by atoms with van der Waals surface area (Å²) in [5.41, 5.74) is 0.537. The van der Waals surface area contributed by atoms with Gasteiger partial charge < -0.3 is 14.8 Å². The van der Waals surface area contributed by atoms with Gasteiger partial charge in [0.25, 0.3) is 5.91 Å². The maximum atomic E-state index is 11.7. The van der Waals surface area contributed by atoms with Crippen LogP contribution in [0.2, 0.25) is 0 Å². The topological polar surface area (TPSA) is 62.5 Å². The average Bonchev–Trinajstić information content (AvgIpc) is 3.10. The number of hydrogen-bond donors (Lipinski definition) is 2. The molecule has 4 nitrogen and oxygen atoms in total. The van der Waals surface area contributed by atoms with E-state index < -0.39 is 0 Å². The van der Waals surface area contributed by atoms with Crippen molar-refractivity contribution in [2.45, 2.75) is 18.8 Å². The first kappa shape index (κ1) is 13.8. The van der Waals surface area contributed by atoms with E-state index in [2.05, 4.69) is 11.4 Å². The van der Waals surface area contributed by atoms with Gasteiger partial charge in [-0.3, -0.25) is 4.79 Å². The Labute approximate surface area is 116 Å². The Balaban J connectivity index is 1.81. The molecule has 5 heteroatoms. The lowest BCUT2D eigenvalue weighted by molar-refractivity contribution is 0.0951. The molecule has 2 rings (SSSR count). The van der Waals surface area contributed by atoms with Crippen molar-refractivity contribution < 1.29 is 14.3 Å². The van der Waals surface area contributed by atoms with E-state index in [0.717, 1.165) is 12.8 Å². The number of amides is 1. The number of aliphatic hydroxyl groups excluding tert-OH is 1. The minimum absolute atomic E-state index is 0.123. The van der Waals surface area contributed by atoms with Gasteiger partial charge in [0.1, 0.15) is 6.26 Å². The summed E-state index contributed by atoms with van der Waals surface area (Å²) in [5.74, 6) is 0.178. The van der Waals surface area contributed by atoms with Crippen LogP contribution < -0.4 is 5.32 Å². The molecule has 1 amide bonds. The molecule has 0 spiro atoms. The Bertz CT molecular complexity index is 479. The van der Waals surface area contributed by atoms with Gasteiger partial charge in [0.05, 0.1) is 11.8 Å². The van der Waals surface area contributed by atoms with Crippen LogP contribution in [0.15, 0.2) is 40.5 Å². The van der Waals surface area contributed by atoms with Crippen molar-refractivity contribution in [3.05, 3.63) is 46.5 Å². The summed E-state index contributed by atoms with van der Waals surface area (Å²) >= 11 is 1.69. The molecule has 2 heterocycles. The maximum absolute atomic E-state index is 11.7. The third-order valence-corrected chi connectivity index (χ3v) is 4.02. The molecule has 0 aliphatic carbocycles. The van der Waals surface area contributed by atoms with Gasteiger partial charge in [0, 0.05) is 18.0 Å². The van der Waals surface area contributed by atoms with Crippen molar-refractivity contribution in [3.8, 4) is 0 Å². The zero-order valence-corrected chi connectivity index (χ0v) is 11.4. The summed E-state index contributed by atoms with van der Waals surface area (Å²) < 4.78 is 4.87. The first-order valence-electron chi connectivity index (χ1n) is 6.26. The van der Waals surface area contributed by atoms with Crippen molar-refractivity contribution in [1.29, 1.82) is 0 Å². The smallest absolute Gasteiger partial charge is 0.254 e. The summed E-state index contributed by atoms with van der Waals surface area (Å²) in [4.78, 5) is 13.0. The van der Waals surface area contributed by atoms with E-state index in [9.17, 15) is 4.79 Å². The molecule has 19 heavy (non-hydrogen) atoms. The Kier molecular flexibility index (Phi) is 5.18. The number of thiophene rings is 1. The van der Waals surface area contributed by atoms with Gasteiger partial charge in [-0.15, -0.1) is 11.3 Å². The number of carbonyl (C=O) groups is 1. The van der Waals surface area contributed by atoms with E-state index in [1.54, 1.807) is 17.4 Å². The fourth-order valence-corrected chi connectivity index (χ4v) is 2.86. The van der Waals surface area contributed by atoms with Crippen LogP contribution in [0, 0.1) is 0 Å². The SMILES string of the molecule is O=C(NCC[C@@H](CCO)c1cccs1)c1ccoc1. The average molecular weight is 279 g/mol. The summed E-state index contributed by atoms with van der Waals surface area (Å²) in [6, 6.07) is 5.72. The number of aliphatic hydroxyl groups is 1. The lowest BCUT2D eigenvalue weighted by atomic mass is 10.00. The van der Waals surface area contributed by atoms with Gasteiger partial charge in [-0.25, -0.2) is 0 Å². The molecule has 102 valence electrons. The quantitative estimate of drug-likeness (QED) is 0.819. The highest BCUT2D eigenvalue weighted by molar-refractivity contribution is 7.10. The van der Waals surface area contributed by atoms with Gasteiger partial charge >= 0.3 is 0 Å². The van der Waals surface area contributed by atoms with E-state index in [4.69, 9.17) is 9.52 Å². The van der Waals surface area contributed by atoms with Crippen LogP contribution in [-0.2, 0) is 0 Å². The predicted molar refractivity (Wildman–Crippen MR) is 74.4 cm³/mol. The monoisotopic (exact) mass is 279 g/mol. The largest absolute Gasteiger partial charge is 0.472 e. The van der Waals surface area contributed by atoms with E-state index in [1.165, 1.54) is 17.4 Å². The maximum Gasteiger partial charge on any atom is 0.254 e. The Morgan fingerprint density at radius 1 is 1.42 bits per heavy atom. The van der Waals surface area contributed by atoms with Crippen molar-refractivity contribution in [2.24, 2.45) is 0 Å². The molecule has 0 saturated carbocycles. The van der Waals surface area contributed by atoms with Crippen LogP contribution in [-0.4, -0.2) is 24.2 Å². The van der Waals surface area contributed by atoms with E-state index in [-0.39, 0.29) is 12.5 Å². The Morgan fingerprint density at radius 3 is 2.95 bits per heavy atom. The molecule has 0 bridgehead atoms. The summed E-state index contributed by atoms with van der Waals surface area (Å²) in [5, 5.41) is 14.0. The zero-order valence-electron chi connectivity index (χ0n) is 10.5. The third-order valence-electron chi connectivity index (χ3n) is 2.98.